The second-order valence-corrected chi connectivity index (χ2v) is 12.7. The van der Waals surface area contributed by atoms with Crippen LogP contribution in [0.1, 0.15) is 24.8 Å². The maximum atomic E-state index is 12.9. The summed E-state index contributed by atoms with van der Waals surface area (Å²) in [7, 11) is -7.29. The van der Waals surface area contributed by atoms with Crippen LogP contribution in [0.15, 0.2) is 83.9 Å². The van der Waals surface area contributed by atoms with Gasteiger partial charge in [0.2, 0.25) is 15.9 Å². The van der Waals surface area contributed by atoms with E-state index in [4.69, 9.17) is 0 Å². The van der Waals surface area contributed by atoms with E-state index in [-0.39, 0.29) is 28.9 Å². The van der Waals surface area contributed by atoms with Crippen molar-refractivity contribution in [3.8, 4) is 0 Å². The fourth-order valence-corrected chi connectivity index (χ4v) is 6.81. The van der Waals surface area contributed by atoms with Crippen LogP contribution in [-0.4, -0.2) is 50.9 Å². The lowest BCUT2D eigenvalue weighted by Crippen LogP contribution is -2.44. The van der Waals surface area contributed by atoms with Crippen LogP contribution < -0.4 is 10.0 Å². The lowest BCUT2D eigenvalue weighted by Gasteiger charge is -2.31. The minimum absolute atomic E-state index is 0.0292. The average molecular weight is 543 g/mol. The molecule has 1 fully saturated rings. The number of amides is 1. The predicted molar refractivity (Wildman–Crippen MR) is 143 cm³/mol. The van der Waals surface area contributed by atoms with E-state index in [1.807, 2.05) is 30.3 Å². The van der Waals surface area contributed by atoms with Gasteiger partial charge in [0.25, 0.3) is 10.0 Å². The highest BCUT2D eigenvalue weighted by Gasteiger charge is 2.32. The zero-order chi connectivity index (χ0) is 26.3. The summed E-state index contributed by atoms with van der Waals surface area (Å²) in [6.45, 7) is 0.549. The summed E-state index contributed by atoms with van der Waals surface area (Å²) in [5, 5.41) is 2.79. The average Bonchev–Trinajstić information content (AvgIpc) is 2.90. The zero-order valence-electron chi connectivity index (χ0n) is 20.3. The number of sulfonamides is 2. The Bertz CT molecular complexity index is 1400. The van der Waals surface area contributed by atoms with Gasteiger partial charge in [-0.15, -0.1) is 0 Å². The fourth-order valence-electron chi connectivity index (χ4n) is 4.22. The summed E-state index contributed by atoms with van der Waals surface area (Å²) < 4.78 is 54.7. The van der Waals surface area contributed by atoms with Crippen LogP contribution in [0.5, 0.6) is 0 Å². The summed E-state index contributed by atoms with van der Waals surface area (Å²) >= 11 is 0. The molecule has 0 bridgehead atoms. The van der Waals surface area contributed by atoms with Crippen molar-refractivity contribution in [3.63, 3.8) is 0 Å². The number of aryl methyl sites for hydroxylation is 1. The van der Waals surface area contributed by atoms with Gasteiger partial charge in [0.1, 0.15) is 5.82 Å². The van der Waals surface area contributed by atoms with Crippen LogP contribution in [0.4, 0.5) is 11.5 Å². The third-order valence-corrected chi connectivity index (χ3v) is 9.49. The van der Waals surface area contributed by atoms with E-state index in [9.17, 15) is 21.6 Å². The topological polar surface area (TPSA) is 126 Å². The first-order valence-corrected chi connectivity index (χ1v) is 15.2. The van der Waals surface area contributed by atoms with Crippen molar-refractivity contribution in [1.29, 1.82) is 0 Å². The summed E-state index contributed by atoms with van der Waals surface area (Å²) in [6, 6.07) is 20.5. The number of carbonyl (C=O) groups is 1. The lowest BCUT2D eigenvalue weighted by molar-refractivity contribution is -0.120. The molecule has 0 radical (unpaired) electrons. The summed E-state index contributed by atoms with van der Waals surface area (Å²) in [5.41, 5.74) is 1.53. The highest BCUT2D eigenvalue weighted by Crippen LogP contribution is 2.23. The molecular weight excluding hydrogens is 512 g/mol. The van der Waals surface area contributed by atoms with Crippen molar-refractivity contribution >= 4 is 37.5 Å². The number of rotatable bonds is 10. The first-order valence-electron chi connectivity index (χ1n) is 12.1. The van der Waals surface area contributed by atoms with Crippen LogP contribution in [0.25, 0.3) is 0 Å². The van der Waals surface area contributed by atoms with E-state index in [0.717, 1.165) is 5.56 Å². The number of nitrogens with zero attached hydrogens (tertiary/aromatic N) is 2. The molecule has 2 heterocycles. The van der Waals surface area contributed by atoms with Gasteiger partial charge in [0, 0.05) is 25.0 Å². The van der Waals surface area contributed by atoms with Gasteiger partial charge in [0.05, 0.1) is 16.6 Å². The normalized spacial score (nSPS) is 16.7. The maximum absolute atomic E-state index is 12.9. The fraction of sp³-hybridized carbons (Fsp3) is 0.308. The minimum atomic E-state index is -3.83. The van der Waals surface area contributed by atoms with E-state index in [2.05, 4.69) is 15.0 Å². The van der Waals surface area contributed by atoms with Crippen molar-refractivity contribution in [2.24, 2.45) is 5.92 Å². The number of aromatic nitrogens is 1. The van der Waals surface area contributed by atoms with Crippen molar-refractivity contribution in [3.05, 3.63) is 84.6 Å². The summed E-state index contributed by atoms with van der Waals surface area (Å²) in [6.07, 6.45) is 3.87. The molecule has 0 aliphatic carbocycles. The van der Waals surface area contributed by atoms with E-state index in [1.165, 1.54) is 34.8 Å². The number of pyridine rings is 1. The van der Waals surface area contributed by atoms with Gasteiger partial charge in [-0.25, -0.2) is 26.1 Å². The Hall–Kier alpha value is -3.28. The Kier molecular flexibility index (Phi) is 8.57. The largest absolute Gasteiger partial charge is 0.326 e. The molecule has 2 N–H and O–H groups in total. The Morgan fingerprint density at radius 2 is 1.68 bits per heavy atom. The molecular formula is C26H30N4O5S2. The Morgan fingerprint density at radius 1 is 0.946 bits per heavy atom. The van der Waals surface area contributed by atoms with E-state index < -0.39 is 26.0 Å². The molecule has 1 amide bonds. The molecule has 2 aromatic carbocycles. The van der Waals surface area contributed by atoms with Gasteiger partial charge in [-0.05, 0) is 67.6 Å². The van der Waals surface area contributed by atoms with E-state index in [1.54, 1.807) is 18.2 Å². The summed E-state index contributed by atoms with van der Waals surface area (Å²) in [5.74, 6) is -0.520. The van der Waals surface area contributed by atoms with Gasteiger partial charge >= 0.3 is 0 Å². The molecule has 4 rings (SSSR count). The number of anilines is 2. The van der Waals surface area contributed by atoms with Gasteiger partial charge in [-0.1, -0.05) is 36.4 Å². The smallest absolute Gasteiger partial charge is 0.263 e. The zero-order valence-corrected chi connectivity index (χ0v) is 21.9. The molecule has 0 saturated carbocycles. The van der Waals surface area contributed by atoms with E-state index in [0.29, 0.717) is 37.9 Å². The number of benzene rings is 2. The maximum Gasteiger partial charge on any atom is 0.263 e. The van der Waals surface area contributed by atoms with Crippen molar-refractivity contribution in [2.75, 3.05) is 28.9 Å². The second kappa shape index (κ2) is 11.8. The third-order valence-electron chi connectivity index (χ3n) is 6.19. The quantitative estimate of drug-likeness (QED) is 0.404. The number of carbonyl (C=O) groups excluding carboxylic acids is 1. The molecule has 9 nitrogen and oxygen atoms in total. The third kappa shape index (κ3) is 7.37. The predicted octanol–water partition coefficient (Wildman–Crippen LogP) is 3.50. The molecule has 3 aromatic rings. The monoisotopic (exact) mass is 542 g/mol. The minimum Gasteiger partial charge on any atom is -0.326 e. The highest BCUT2D eigenvalue weighted by atomic mass is 32.2. The molecule has 196 valence electrons. The van der Waals surface area contributed by atoms with Crippen molar-refractivity contribution in [2.45, 2.75) is 30.6 Å². The van der Waals surface area contributed by atoms with Gasteiger partial charge in [-0.2, -0.15) is 0 Å². The Balaban J connectivity index is 1.31. The molecule has 11 heteroatoms. The molecule has 1 atom stereocenters. The van der Waals surface area contributed by atoms with Crippen molar-refractivity contribution < 1.29 is 21.6 Å². The molecule has 37 heavy (non-hydrogen) atoms. The number of hydrogen-bond acceptors (Lipinski definition) is 6. The molecule has 0 unspecified atom stereocenters. The molecule has 1 aliphatic heterocycles. The SMILES string of the molecule is O=C(Nc1ccc(S(=O)(=O)Nc2ccccn2)cc1)[C@H]1CCCN(S(=O)(=O)CCCc2ccccc2)C1. The summed E-state index contributed by atoms with van der Waals surface area (Å²) in [4.78, 5) is 16.9. The number of nitrogens with one attached hydrogen (secondary N) is 2. The first kappa shape index (κ1) is 26.8. The number of hydrogen-bond donors (Lipinski definition) is 2. The van der Waals surface area contributed by atoms with Crippen LogP contribution in [0, 0.1) is 5.92 Å². The highest BCUT2D eigenvalue weighted by molar-refractivity contribution is 7.92. The molecule has 1 aliphatic rings. The lowest BCUT2D eigenvalue weighted by atomic mass is 9.99. The molecule has 1 saturated heterocycles. The van der Waals surface area contributed by atoms with Crippen molar-refractivity contribution in [1.82, 2.24) is 9.29 Å². The number of piperidine rings is 1. The molecule has 0 spiro atoms. The molecule has 1 aromatic heterocycles. The van der Waals surface area contributed by atoms with Gasteiger partial charge in [-0.3, -0.25) is 9.52 Å². The van der Waals surface area contributed by atoms with E-state index >= 15 is 0 Å². The Labute approximate surface area is 218 Å². The van der Waals surface area contributed by atoms with Crippen LogP contribution in [0.3, 0.4) is 0 Å². The Morgan fingerprint density at radius 3 is 2.38 bits per heavy atom. The van der Waals surface area contributed by atoms with Gasteiger partial charge < -0.3 is 5.32 Å². The first-order chi connectivity index (χ1) is 17.7. The second-order valence-electron chi connectivity index (χ2n) is 8.94. The van der Waals surface area contributed by atoms with Crippen LogP contribution >= 0.6 is 0 Å². The van der Waals surface area contributed by atoms with Crippen LogP contribution in [-0.2, 0) is 31.3 Å². The van der Waals surface area contributed by atoms with Gasteiger partial charge in [0.15, 0.2) is 0 Å². The standard InChI is InChI=1S/C26H30N4O5S2/c31-26(28-23-13-15-24(16-14-23)37(34,35)29-25-12-4-5-17-27-25)22-11-6-18-30(20-22)36(32,33)19-7-10-21-8-2-1-3-9-21/h1-5,8-9,12-17,22H,6-7,10-11,18-20H2,(H,27,29)(H,28,31)/t22-/m0/s1. The van der Waals surface area contributed by atoms with Crippen LogP contribution in [0.2, 0.25) is 0 Å².